The zero-order chi connectivity index (χ0) is 52.2. The molecular formula is C63H111NO8. The third kappa shape index (κ3) is 40.7. The molecule has 7 unspecified atom stereocenters. The second-order valence-corrected chi connectivity index (χ2v) is 20.4. The predicted molar refractivity (Wildman–Crippen MR) is 304 cm³/mol. The van der Waals surface area contributed by atoms with Gasteiger partial charge in [-0.1, -0.05) is 259 Å². The Morgan fingerprint density at radius 1 is 0.486 bits per heavy atom. The maximum absolute atomic E-state index is 13.1. The van der Waals surface area contributed by atoms with E-state index >= 15 is 0 Å². The summed E-state index contributed by atoms with van der Waals surface area (Å²) < 4.78 is 11.3. The topological polar surface area (TPSA) is 149 Å². The number of aliphatic hydroxyl groups is 5. The Morgan fingerprint density at radius 2 is 0.861 bits per heavy atom. The molecule has 0 aliphatic carbocycles. The van der Waals surface area contributed by atoms with E-state index in [1.54, 1.807) is 6.08 Å². The second-order valence-electron chi connectivity index (χ2n) is 20.4. The van der Waals surface area contributed by atoms with E-state index in [9.17, 15) is 30.3 Å². The maximum atomic E-state index is 13.1. The maximum Gasteiger partial charge on any atom is 0.220 e. The van der Waals surface area contributed by atoms with Gasteiger partial charge >= 0.3 is 0 Å². The lowest BCUT2D eigenvalue weighted by molar-refractivity contribution is -0.302. The number of hydrogen-bond acceptors (Lipinski definition) is 8. The number of nitrogens with one attached hydrogen (secondary N) is 1. The molecule has 1 aliphatic rings. The molecule has 1 amide bonds. The zero-order valence-electron chi connectivity index (χ0n) is 46.2. The third-order valence-electron chi connectivity index (χ3n) is 13.7. The Balaban J connectivity index is 2.25. The van der Waals surface area contributed by atoms with Crippen molar-refractivity contribution in [1.29, 1.82) is 0 Å². The summed E-state index contributed by atoms with van der Waals surface area (Å²) in [6.07, 6.45) is 66.4. The van der Waals surface area contributed by atoms with E-state index in [0.717, 1.165) is 103 Å². The van der Waals surface area contributed by atoms with Gasteiger partial charge in [0, 0.05) is 6.42 Å². The second kappa shape index (κ2) is 51.8. The average Bonchev–Trinajstić information content (AvgIpc) is 3.38. The lowest BCUT2D eigenvalue weighted by Crippen LogP contribution is -2.60. The SMILES string of the molecule is CC/C=C\C/C=C\C/C=C\C/C=C\C/C=C\C/C=C\CCCCCCCCC(=O)NC(COC1OC(CO)C(O)C(O)C1O)C(O)/C=C/CCCCCCCCCCCCCCCCCCCCCCCC. The van der Waals surface area contributed by atoms with Gasteiger partial charge in [0.05, 0.1) is 25.4 Å². The van der Waals surface area contributed by atoms with E-state index in [2.05, 4.69) is 92.1 Å². The van der Waals surface area contributed by atoms with Gasteiger partial charge in [0.25, 0.3) is 0 Å². The molecule has 0 bridgehead atoms. The Labute approximate surface area is 441 Å². The molecule has 416 valence electrons. The van der Waals surface area contributed by atoms with Crippen molar-refractivity contribution < 1.29 is 39.8 Å². The van der Waals surface area contributed by atoms with Gasteiger partial charge in [-0.25, -0.2) is 0 Å². The van der Waals surface area contributed by atoms with E-state index in [1.165, 1.54) is 128 Å². The summed E-state index contributed by atoms with van der Waals surface area (Å²) in [6.45, 7) is 3.67. The Morgan fingerprint density at radius 3 is 1.28 bits per heavy atom. The van der Waals surface area contributed by atoms with Crippen LogP contribution in [0.25, 0.3) is 0 Å². The smallest absolute Gasteiger partial charge is 0.220 e. The molecule has 0 aromatic carbocycles. The zero-order valence-corrected chi connectivity index (χ0v) is 46.2. The average molecular weight is 1010 g/mol. The van der Waals surface area contributed by atoms with Crippen LogP contribution < -0.4 is 5.32 Å². The minimum atomic E-state index is -1.57. The minimum absolute atomic E-state index is 0.193. The number of rotatable bonds is 50. The monoisotopic (exact) mass is 1010 g/mol. The van der Waals surface area contributed by atoms with Gasteiger partial charge in [0.2, 0.25) is 5.91 Å². The van der Waals surface area contributed by atoms with Crippen LogP contribution in [0.1, 0.15) is 251 Å². The Kier molecular flexibility index (Phi) is 48.5. The summed E-state index contributed by atoms with van der Waals surface area (Å²) in [5.41, 5.74) is 0. The molecule has 0 radical (unpaired) electrons. The van der Waals surface area contributed by atoms with Gasteiger partial charge in [-0.05, 0) is 70.6 Å². The van der Waals surface area contributed by atoms with Gasteiger partial charge in [0.1, 0.15) is 24.4 Å². The van der Waals surface area contributed by atoms with Crippen molar-refractivity contribution in [3.8, 4) is 0 Å². The van der Waals surface area contributed by atoms with E-state index in [0.29, 0.717) is 6.42 Å². The van der Waals surface area contributed by atoms with Gasteiger partial charge in [0.15, 0.2) is 6.29 Å². The fraction of sp³-hybridized carbons (Fsp3) is 0.762. The van der Waals surface area contributed by atoms with Crippen molar-refractivity contribution in [2.45, 2.75) is 294 Å². The van der Waals surface area contributed by atoms with Crippen molar-refractivity contribution in [2.24, 2.45) is 0 Å². The number of allylic oxidation sites excluding steroid dienone is 13. The molecule has 6 N–H and O–H groups in total. The van der Waals surface area contributed by atoms with Crippen molar-refractivity contribution in [2.75, 3.05) is 13.2 Å². The van der Waals surface area contributed by atoms with Crippen LogP contribution in [-0.4, -0.2) is 87.5 Å². The van der Waals surface area contributed by atoms with Crippen LogP contribution in [0.4, 0.5) is 0 Å². The van der Waals surface area contributed by atoms with Crippen molar-refractivity contribution >= 4 is 5.91 Å². The van der Waals surface area contributed by atoms with Crippen LogP contribution in [0, 0.1) is 0 Å². The van der Waals surface area contributed by atoms with Gasteiger partial charge in [-0.3, -0.25) is 4.79 Å². The largest absolute Gasteiger partial charge is 0.394 e. The molecule has 0 spiro atoms. The number of amides is 1. The standard InChI is InChI=1S/C63H111NO8/c1-3-5-7-9-11-13-15-17-19-21-23-25-27-29-31-33-35-37-39-41-43-45-47-49-51-53-59(67)64-56(55-71-63-62(70)61(69)60(68)58(54-65)72-63)57(66)52-50-48-46-44-42-40-38-36-34-32-30-28-26-24-22-20-18-16-14-12-10-8-6-4-2/h5,7,11,13,17,19,23,25,29,31,35,37,50,52,56-58,60-63,65-66,68-70H,3-4,6,8-10,12,14-16,18,20-22,24,26-28,30,32-34,36,38-49,51,53-55H2,1-2H3,(H,64,67)/b7-5-,13-11-,19-17-,25-23-,31-29-,37-35-,52-50+. The molecular weight excluding hydrogens is 899 g/mol. The minimum Gasteiger partial charge on any atom is -0.394 e. The summed E-state index contributed by atoms with van der Waals surface area (Å²) >= 11 is 0. The Bertz CT molecular complexity index is 1400. The van der Waals surface area contributed by atoms with Crippen molar-refractivity contribution in [1.82, 2.24) is 5.32 Å². The van der Waals surface area contributed by atoms with Gasteiger partial charge < -0.3 is 40.3 Å². The van der Waals surface area contributed by atoms with Crippen molar-refractivity contribution in [3.63, 3.8) is 0 Å². The van der Waals surface area contributed by atoms with E-state index in [4.69, 9.17) is 9.47 Å². The molecule has 1 rings (SSSR count). The van der Waals surface area contributed by atoms with Crippen LogP contribution in [-0.2, 0) is 14.3 Å². The molecule has 9 nitrogen and oxygen atoms in total. The number of carbonyl (C=O) groups excluding carboxylic acids is 1. The highest BCUT2D eigenvalue weighted by molar-refractivity contribution is 5.76. The highest BCUT2D eigenvalue weighted by Crippen LogP contribution is 2.23. The summed E-state index contributed by atoms with van der Waals surface area (Å²) in [4.78, 5) is 13.1. The lowest BCUT2D eigenvalue weighted by atomic mass is 9.99. The molecule has 1 saturated heterocycles. The molecule has 0 saturated carbocycles. The van der Waals surface area contributed by atoms with Crippen LogP contribution >= 0.6 is 0 Å². The number of carbonyl (C=O) groups is 1. The molecule has 7 atom stereocenters. The van der Waals surface area contributed by atoms with Crippen molar-refractivity contribution in [3.05, 3.63) is 85.1 Å². The fourth-order valence-corrected chi connectivity index (χ4v) is 9.04. The summed E-state index contributed by atoms with van der Waals surface area (Å²) in [5.74, 6) is -0.193. The van der Waals surface area contributed by atoms with E-state index in [1.807, 2.05) is 6.08 Å². The number of unbranched alkanes of at least 4 members (excludes halogenated alkanes) is 28. The molecule has 9 heteroatoms. The molecule has 0 aromatic heterocycles. The normalized spacial score (nSPS) is 19.8. The first-order valence-electron chi connectivity index (χ1n) is 29.8. The highest BCUT2D eigenvalue weighted by atomic mass is 16.7. The number of hydrogen-bond donors (Lipinski definition) is 6. The Hall–Kier alpha value is -2.63. The number of aliphatic hydroxyl groups excluding tert-OH is 5. The predicted octanol–water partition coefficient (Wildman–Crippen LogP) is 15.0. The summed E-state index contributed by atoms with van der Waals surface area (Å²) in [7, 11) is 0. The first-order valence-corrected chi connectivity index (χ1v) is 29.8. The fourth-order valence-electron chi connectivity index (χ4n) is 9.04. The molecule has 1 heterocycles. The molecule has 72 heavy (non-hydrogen) atoms. The number of ether oxygens (including phenoxy) is 2. The highest BCUT2D eigenvalue weighted by Gasteiger charge is 2.44. The van der Waals surface area contributed by atoms with Gasteiger partial charge in [-0.2, -0.15) is 0 Å². The van der Waals surface area contributed by atoms with Crippen LogP contribution in [0.15, 0.2) is 85.1 Å². The van der Waals surface area contributed by atoms with Crippen LogP contribution in [0.5, 0.6) is 0 Å². The van der Waals surface area contributed by atoms with Gasteiger partial charge in [-0.15, -0.1) is 0 Å². The van der Waals surface area contributed by atoms with E-state index < -0.39 is 49.5 Å². The van der Waals surface area contributed by atoms with E-state index in [-0.39, 0.29) is 12.5 Å². The first kappa shape index (κ1) is 67.4. The summed E-state index contributed by atoms with van der Waals surface area (Å²) in [6, 6.07) is -0.820. The quantitative estimate of drug-likeness (QED) is 0.0261. The third-order valence-corrected chi connectivity index (χ3v) is 13.7. The molecule has 1 fully saturated rings. The first-order chi connectivity index (χ1) is 35.3. The molecule has 0 aromatic rings. The van der Waals surface area contributed by atoms with Crippen LogP contribution in [0.3, 0.4) is 0 Å². The summed E-state index contributed by atoms with van der Waals surface area (Å²) in [5, 5.41) is 54.6. The lowest BCUT2D eigenvalue weighted by Gasteiger charge is -2.40. The molecule has 1 aliphatic heterocycles. The van der Waals surface area contributed by atoms with Crippen LogP contribution in [0.2, 0.25) is 0 Å².